The minimum atomic E-state index is -0.0153. The zero-order chi connectivity index (χ0) is 21.5. The second kappa shape index (κ2) is 10.0. The van der Waals surface area contributed by atoms with Gasteiger partial charge in [-0.1, -0.05) is 30.3 Å². The maximum absolute atomic E-state index is 12.7. The fraction of sp³-hybridized carbons (Fsp3) is 0.269. The van der Waals surface area contributed by atoms with E-state index in [0.717, 1.165) is 43.0 Å². The van der Waals surface area contributed by atoms with Gasteiger partial charge in [0.2, 0.25) is 0 Å². The van der Waals surface area contributed by atoms with E-state index in [9.17, 15) is 4.79 Å². The Balaban J connectivity index is 1.25. The number of ether oxygens (including phenoxy) is 2. The molecule has 4 rings (SSSR count). The van der Waals surface area contributed by atoms with Crippen molar-refractivity contribution >= 4 is 11.6 Å². The van der Waals surface area contributed by atoms with Gasteiger partial charge in [-0.15, -0.1) is 0 Å². The number of anilines is 1. The molecule has 1 amide bonds. The number of hydrogen-bond acceptors (Lipinski definition) is 4. The predicted octanol–water partition coefficient (Wildman–Crippen LogP) is 4.67. The van der Waals surface area contributed by atoms with Gasteiger partial charge in [0, 0.05) is 30.4 Å². The summed E-state index contributed by atoms with van der Waals surface area (Å²) < 4.78 is 11.0. The Morgan fingerprint density at radius 1 is 0.903 bits per heavy atom. The fourth-order valence-corrected chi connectivity index (χ4v) is 3.78. The van der Waals surface area contributed by atoms with Gasteiger partial charge in [0.1, 0.15) is 18.1 Å². The second-order valence-electron chi connectivity index (χ2n) is 7.73. The van der Waals surface area contributed by atoms with Gasteiger partial charge in [0.15, 0.2) is 0 Å². The van der Waals surface area contributed by atoms with Crippen LogP contribution in [0.3, 0.4) is 0 Å². The normalized spacial score (nSPS) is 14.2. The van der Waals surface area contributed by atoms with Crippen LogP contribution < -0.4 is 19.7 Å². The number of hydrogen-bond donors (Lipinski definition) is 1. The highest BCUT2D eigenvalue weighted by atomic mass is 16.5. The first-order chi connectivity index (χ1) is 15.2. The number of nitrogens with one attached hydrogen (secondary N) is 1. The number of benzene rings is 3. The lowest BCUT2D eigenvalue weighted by Gasteiger charge is -2.34. The molecule has 1 fully saturated rings. The Morgan fingerprint density at radius 2 is 1.58 bits per heavy atom. The Morgan fingerprint density at radius 3 is 2.23 bits per heavy atom. The van der Waals surface area contributed by atoms with E-state index in [1.807, 2.05) is 66.7 Å². The van der Waals surface area contributed by atoms with Gasteiger partial charge in [-0.2, -0.15) is 0 Å². The van der Waals surface area contributed by atoms with Crippen LogP contribution in [0.4, 0.5) is 5.69 Å². The van der Waals surface area contributed by atoms with Gasteiger partial charge < -0.3 is 19.7 Å². The van der Waals surface area contributed by atoms with Gasteiger partial charge >= 0.3 is 0 Å². The number of rotatable bonds is 7. The number of methoxy groups -OCH3 is 1. The lowest BCUT2D eigenvalue weighted by molar-refractivity contribution is 0.0931. The first-order valence-electron chi connectivity index (χ1n) is 10.7. The molecule has 1 aliphatic rings. The van der Waals surface area contributed by atoms with Crippen LogP contribution >= 0.6 is 0 Å². The summed E-state index contributed by atoms with van der Waals surface area (Å²) in [4.78, 5) is 15.0. The molecular formula is C26H28N2O3. The molecule has 160 valence electrons. The molecular weight excluding hydrogens is 388 g/mol. The van der Waals surface area contributed by atoms with Crippen LogP contribution in [0.25, 0.3) is 0 Å². The van der Waals surface area contributed by atoms with Crippen molar-refractivity contribution in [2.75, 3.05) is 25.1 Å². The molecule has 3 aromatic carbocycles. The first-order valence-corrected chi connectivity index (χ1v) is 10.7. The van der Waals surface area contributed by atoms with E-state index < -0.39 is 0 Å². The Bertz CT molecular complexity index is 964. The quantitative estimate of drug-likeness (QED) is 0.608. The van der Waals surface area contributed by atoms with Crippen LogP contribution in [-0.2, 0) is 6.61 Å². The van der Waals surface area contributed by atoms with E-state index in [-0.39, 0.29) is 11.9 Å². The predicted molar refractivity (Wildman–Crippen MR) is 123 cm³/mol. The van der Waals surface area contributed by atoms with Gasteiger partial charge in [-0.25, -0.2) is 0 Å². The van der Waals surface area contributed by atoms with Crippen LogP contribution in [-0.4, -0.2) is 32.1 Å². The number of carbonyl (C=O) groups is 1. The summed E-state index contributed by atoms with van der Waals surface area (Å²) in [6.07, 6.45) is 1.86. The van der Waals surface area contributed by atoms with Crippen LogP contribution in [0, 0.1) is 0 Å². The highest BCUT2D eigenvalue weighted by Gasteiger charge is 2.21. The van der Waals surface area contributed by atoms with Crippen molar-refractivity contribution < 1.29 is 14.3 Å². The lowest BCUT2D eigenvalue weighted by atomic mass is 10.0. The Kier molecular flexibility index (Phi) is 6.72. The molecule has 31 heavy (non-hydrogen) atoms. The summed E-state index contributed by atoms with van der Waals surface area (Å²) in [5.74, 6) is 1.69. The molecule has 5 nitrogen and oxygen atoms in total. The maximum atomic E-state index is 12.7. The molecule has 1 N–H and O–H groups in total. The van der Waals surface area contributed by atoms with Crippen molar-refractivity contribution in [3.05, 3.63) is 90.0 Å². The summed E-state index contributed by atoms with van der Waals surface area (Å²) in [5.41, 5.74) is 2.91. The SMILES string of the molecule is COc1ccc(N2CCC(NC(=O)c3ccc(COc4ccccc4)cc3)CC2)cc1. The van der Waals surface area contributed by atoms with E-state index in [1.54, 1.807) is 7.11 Å². The largest absolute Gasteiger partial charge is 0.497 e. The Hall–Kier alpha value is -3.47. The van der Waals surface area contributed by atoms with Crippen molar-refractivity contribution in [1.82, 2.24) is 5.32 Å². The molecule has 1 heterocycles. The van der Waals surface area contributed by atoms with Gasteiger partial charge in [-0.3, -0.25) is 4.79 Å². The van der Waals surface area contributed by atoms with Crippen LogP contribution in [0.1, 0.15) is 28.8 Å². The third-order valence-electron chi connectivity index (χ3n) is 5.63. The fourth-order valence-electron chi connectivity index (χ4n) is 3.78. The molecule has 0 aromatic heterocycles. The standard InChI is InChI=1S/C26H28N2O3/c1-30-24-13-11-23(12-14-24)28-17-15-22(16-18-28)27-26(29)21-9-7-20(8-10-21)19-31-25-5-3-2-4-6-25/h2-14,22H,15-19H2,1H3,(H,27,29). The number of amides is 1. The van der Waals surface area contributed by atoms with Gasteiger partial charge in [-0.05, 0) is 66.9 Å². The highest BCUT2D eigenvalue weighted by Crippen LogP contribution is 2.23. The lowest BCUT2D eigenvalue weighted by Crippen LogP contribution is -2.44. The van der Waals surface area contributed by atoms with Crippen LogP contribution in [0.5, 0.6) is 11.5 Å². The first kappa shape index (κ1) is 20.8. The summed E-state index contributed by atoms with van der Waals surface area (Å²) in [7, 11) is 1.68. The molecule has 0 atom stereocenters. The highest BCUT2D eigenvalue weighted by molar-refractivity contribution is 5.94. The topological polar surface area (TPSA) is 50.8 Å². The number of carbonyl (C=O) groups excluding carboxylic acids is 1. The number of nitrogens with zero attached hydrogens (tertiary/aromatic N) is 1. The van der Waals surface area contributed by atoms with E-state index in [0.29, 0.717) is 12.2 Å². The van der Waals surface area contributed by atoms with Crippen molar-refractivity contribution in [3.63, 3.8) is 0 Å². The van der Waals surface area contributed by atoms with Gasteiger partial charge in [0.05, 0.1) is 7.11 Å². The minimum Gasteiger partial charge on any atom is -0.497 e. The molecule has 0 saturated carbocycles. The third kappa shape index (κ3) is 5.57. The molecule has 3 aromatic rings. The third-order valence-corrected chi connectivity index (χ3v) is 5.63. The number of piperidine rings is 1. The molecule has 1 aliphatic heterocycles. The van der Waals surface area contributed by atoms with Crippen molar-refractivity contribution in [2.45, 2.75) is 25.5 Å². The van der Waals surface area contributed by atoms with Crippen LogP contribution in [0.15, 0.2) is 78.9 Å². The second-order valence-corrected chi connectivity index (χ2v) is 7.73. The molecule has 1 saturated heterocycles. The van der Waals surface area contributed by atoms with Crippen molar-refractivity contribution in [3.8, 4) is 11.5 Å². The molecule has 0 unspecified atom stereocenters. The summed E-state index contributed by atoms with van der Waals surface area (Å²) in [6.45, 7) is 2.33. The zero-order valence-electron chi connectivity index (χ0n) is 17.8. The zero-order valence-corrected chi connectivity index (χ0v) is 17.8. The van der Waals surface area contributed by atoms with E-state index in [4.69, 9.17) is 9.47 Å². The van der Waals surface area contributed by atoms with Crippen molar-refractivity contribution in [2.24, 2.45) is 0 Å². The van der Waals surface area contributed by atoms with E-state index in [1.165, 1.54) is 5.69 Å². The molecule has 5 heteroatoms. The average Bonchev–Trinajstić information content (AvgIpc) is 2.84. The molecule has 0 bridgehead atoms. The van der Waals surface area contributed by atoms with Crippen molar-refractivity contribution in [1.29, 1.82) is 0 Å². The Labute approximate surface area is 183 Å². The smallest absolute Gasteiger partial charge is 0.251 e. The summed E-state index contributed by atoms with van der Waals surface area (Å²) >= 11 is 0. The average molecular weight is 417 g/mol. The van der Waals surface area contributed by atoms with E-state index >= 15 is 0 Å². The maximum Gasteiger partial charge on any atom is 0.251 e. The number of para-hydroxylation sites is 1. The molecule has 0 radical (unpaired) electrons. The summed E-state index contributed by atoms with van der Waals surface area (Å²) in [6, 6.07) is 25.7. The monoisotopic (exact) mass is 416 g/mol. The van der Waals surface area contributed by atoms with E-state index in [2.05, 4.69) is 22.3 Å². The van der Waals surface area contributed by atoms with Crippen LogP contribution in [0.2, 0.25) is 0 Å². The minimum absolute atomic E-state index is 0.0153. The van der Waals surface area contributed by atoms with Gasteiger partial charge in [0.25, 0.3) is 5.91 Å². The molecule has 0 spiro atoms. The molecule has 0 aliphatic carbocycles. The summed E-state index contributed by atoms with van der Waals surface area (Å²) in [5, 5.41) is 3.19.